The molecule has 1 N–H and O–H groups in total. The Labute approximate surface area is 208 Å². The Balaban J connectivity index is 1.41. The van der Waals surface area contributed by atoms with E-state index < -0.39 is 0 Å². The van der Waals surface area contributed by atoms with Crippen LogP contribution in [0.15, 0.2) is 84.0 Å². The number of hydrogen-bond acceptors (Lipinski definition) is 5. The van der Waals surface area contributed by atoms with Crippen molar-refractivity contribution in [3.63, 3.8) is 0 Å². The normalized spacial score (nSPS) is 11.1. The highest BCUT2D eigenvalue weighted by molar-refractivity contribution is 7.99. The van der Waals surface area contributed by atoms with Gasteiger partial charge in [0.2, 0.25) is 5.91 Å². The summed E-state index contributed by atoms with van der Waals surface area (Å²) >= 11 is 1.37. The molecule has 0 aliphatic rings. The van der Waals surface area contributed by atoms with Crippen LogP contribution in [0.3, 0.4) is 0 Å². The number of carbonyl (C=O) groups excluding carboxylic acids is 1. The molecule has 0 saturated carbocycles. The average Bonchev–Trinajstić information content (AvgIpc) is 3.24. The van der Waals surface area contributed by atoms with E-state index >= 15 is 0 Å². The molecule has 1 amide bonds. The summed E-state index contributed by atoms with van der Waals surface area (Å²) in [5.74, 6) is 0.899. The lowest BCUT2D eigenvalue weighted by molar-refractivity contribution is -0.113. The van der Waals surface area contributed by atoms with Crippen LogP contribution in [0.2, 0.25) is 0 Å². The number of carbonyl (C=O) groups is 1. The highest BCUT2D eigenvalue weighted by Gasteiger charge is 2.17. The van der Waals surface area contributed by atoms with Gasteiger partial charge in [0.05, 0.1) is 17.0 Å². The third kappa shape index (κ3) is 4.81. The van der Waals surface area contributed by atoms with E-state index in [2.05, 4.69) is 27.6 Å². The van der Waals surface area contributed by atoms with Gasteiger partial charge in [-0.2, -0.15) is 0 Å². The van der Waals surface area contributed by atoms with E-state index in [4.69, 9.17) is 4.98 Å². The lowest BCUT2D eigenvalue weighted by Gasteiger charge is -2.11. The SMILES string of the molecule is Cc1ccc(NC(=O)CSc2nnc(-c3cc(-c4ccccc4)nc4ccccc34)n2C)c(C)c1. The van der Waals surface area contributed by atoms with E-state index in [1.165, 1.54) is 17.3 Å². The molecular formula is C28H25N5OS. The van der Waals surface area contributed by atoms with E-state index in [9.17, 15) is 4.79 Å². The van der Waals surface area contributed by atoms with Gasteiger partial charge in [0.15, 0.2) is 11.0 Å². The summed E-state index contributed by atoms with van der Waals surface area (Å²) in [6.07, 6.45) is 0. The van der Waals surface area contributed by atoms with Crippen LogP contribution >= 0.6 is 11.8 Å². The number of thioether (sulfide) groups is 1. The number of aromatic nitrogens is 4. The first-order valence-corrected chi connectivity index (χ1v) is 12.3. The van der Waals surface area contributed by atoms with Crippen molar-refractivity contribution in [1.29, 1.82) is 0 Å². The van der Waals surface area contributed by atoms with Crippen LogP contribution in [0.5, 0.6) is 0 Å². The number of fused-ring (bicyclic) bond motifs is 1. The molecule has 5 rings (SSSR count). The van der Waals surface area contributed by atoms with Gasteiger partial charge in [-0.15, -0.1) is 10.2 Å². The Morgan fingerprint density at radius 3 is 2.51 bits per heavy atom. The molecule has 0 spiro atoms. The Morgan fingerprint density at radius 2 is 1.71 bits per heavy atom. The number of pyridine rings is 1. The zero-order valence-electron chi connectivity index (χ0n) is 19.8. The van der Waals surface area contributed by atoms with Crippen LogP contribution < -0.4 is 5.32 Å². The quantitative estimate of drug-likeness (QED) is 0.300. The molecule has 0 atom stereocenters. The monoisotopic (exact) mass is 479 g/mol. The summed E-state index contributed by atoms with van der Waals surface area (Å²) in [4.78, 5) is 17.5. The smallest absolute Gasteiger partial charge is 0.234 e. The molecular weight excluding hydrogens is 454 g/mol. The summed E-state index contributed by atoms with van der Waals surface area (Å²) in [7, 11) is 1.93. The number of rotatable bonds is 6. The van der Waals surface area contributed by atoms with Crippen LogP contribution in [0.4, 0.5) is 5.69 Å². The van der Waals surface area contributed by atoms with Crippen molar-refractivity contribution in [2.75, 3.05) is 11.1 Å². The summed E-state index contributed by atoms with van der Waals surface area (Å²) < 4.78 is 1.94. The summed E-state index contributed by atoms with van der Waals surface area (Å²) in [5, 5.41) is 13.5. The number of para-hydroxylation sites is 1. The molecule has 2 heterocycles. The largest absolute Gasteiger partial charge is 0.325 e. The van der Waals surface area contributed by atoms with Crippen LogP contribution in [0.25, 0.3) is 33.5 Å². The molecule has 174 valence electrons. The Kier molecular flexibility index (Phi) is 6.33. The fourth-order valence-corrected chi connectivity index (χ4v) is 4.77. The van der Waals surface area contributed by atoms with Crippen LogP contribution in [0.1, 0.15) is 11.1 Å². The fourth-order valence-electron chi connectivity index (χ4n) is 4.06. The summed E-state index contributed by atoms with van der Waals surface area (Å²) in [6, 6.07) is 26.2. The van der Waals surface area contributed by atoms with Gasteiger partial charge in [-0.25, -0.2) is 4.98 Å². The van der Waals surface area contributed by atoms with E-state index in [0.29, 0.717) is 5.16 Å². The zero-order chi connectivity index (χ0) is 24.4. The van der Waals surface area contributed by atoms with Gasteiger partial charge in [-0.3, -0.25) is 4.79 Å². The van der Waals surface area contributed by atoms with Gasteiger partial charge in [0, 0.05) is 29.2 Å². The molecule has 5 aromatic rings. The zero-order valence-corrected chi connectivity index (χ0v) is 20.6. The lowest BCUT2D eigenvalue weighted by atomic mass is 10.0. The second-order valence-electron chi connectivity index (χ2n) is 8.46. The second kappa shape index (κ2) is 9.72. The highest BCUT2D eigenvalue weighted by atomic mass is 32.2. The lowest BCUT2D eigenvalue weighted by Crippen LogP contribution is -2.15. The highest BCUT2D eigenvalue weighted by Crippen LogP contribution is 2.32. The molecule has 0 unspecified atom stereocenters. The summed E-state index contributed by atoms with van der Waals surface area (Å²) in [5.41, 5.74) is 6.81. The van der Waals surface area contributed by atoms with Gasteiger partial charge in [-0.1, -0.05) is 78.0 Å². The number of anilines is 1. The maximum absolute atomic E-state index is 12.6. The van der Waals surface area contributed by atoms with Crippen molar-refractivity contribution in [2.24, 2.45) is 7.05 Å². The third-order valence-electron chi connectivity index (χ3n) is 5.85. The predicted molar refractivity (Wildman–Crippen MR) is 142 cm³/mol. The van der Waals surface area contributed by atoms with E-state index in [1.54, 1.807) is 0 Å². The molecule has 3 aromatic carbocycles. The Hall–Kier alpha value is -3.97. The fraction of sp³-hybridized carbons (Fsp3) is 0.143. The van der Waals surface area contributed by atoms with Crippen molar-refractivity contribution in [2.45, 2.75) is 19.0 Å². The second-order valence-corrected chi connectivity index (χ2v) is 9.40. The van der Waals surface area contributed by atoms with Crippen molar-refractivity contribution < 1.29 is 4.79 Å². The molecule has 35 heavy (non-hydrogen) atoms. The number of nitrogens with zero attached hydrogens (tertiary/aromatic N) is 4. The minimum absolute atomic E-state index is 0.0766. The maximum Gasteiger partial charge on any atom is 0.234 e. The summed E-state index contributed by atoms with van der Waals surface area (Å²) in [6.45, 7) is 4.03. The number of aryl methyl sites for hydroxylation is 2. The Bertz CT molecular complexity index is 1530. The van der Waals surface area contributed by atoms with E-state index in [0.717, 1.165) is 44.8 Å². The first-order chi connectivity index (χ1) is 17.0. The topological polar surface area (TPSA) is 72.7 Å². The molecule has 0 bridgehead atoms. The number of amides is 1. The Morgan fingerprint density at radius 1 is 0.943 bits per heavy atom. The predicted octanol–water partition coefficient (Wildman–Crippen LogP) is 6.04. The maximum atomic E-state index is 12.6. The molecule has 2 aromatic heterocycles. The van der Waals surface area contributed by atoms with Gasteiger partial charge >= 0.3 is 0 Å². The van der Waals surface area contributed by atoms with Gasteiger partial charge < -0.3 is 9.88 Å². The van der Waals surface area contributed by atoms with Crippen molar-refractivity contribution in [1.82, 2.24) is 19.7 Å². The van der Waals surface area contributed by atoms with E-state index in [-0.39, 0.29) is 11.7 Å². The molecule has 0 aliphatic heterocycles. The van der Waals surface area contributed by atoms with Crippen molar-refractivity contribution >= 4 is 34.3 Å². The minimum atomic E-state index is -0.0766. The van der Waals surface area contributed by atoms with Crippen LogP contribution in [0, 0.1) is 13.8 Å². The molecule has 6 nitrogen and oxygen atoms in total. The molecule has 0 radical (unpaired) electrons. The van der Waals surface area contributed by atoms with Crippen LogP contribution in [-0.4, -0.2) is 31.4 Å². The van der Waals surface area contributed by atoms with E-state index in [1.807, 2.05) is 92.2 Å². The third-order valence-corrected chi connectivity index (χ3v) is 6.87. The van der Waals surface area contributed by atoms with Gasteiger partial charge in [-0.05, 0) is 37.6 Å². The van der Waals surface area contributed by atoms with Gasteiger partial charge in [0.1, 0.15) is 0 Å². The van der Waals surface area contributed by atoms with Crippen molar-refractivity contribution in [3.8, 4) is 22.6 Å². The first-order valence-electron chi connectivity index (χ1n) is 11.3. The van der Waals surface area contributed by atoms with Gasteiger partial charge in [0.25, 0.3) is 0 Å². The average molecular weight is 480 g/mol. The molecule has 0 aliphatic carbocycles. The molecule has 0 fully saturated rings. The van der Waals surface area contributed by atoms with Crippen LogP contribution in [-0.2, 0) is 11.8 Å². The molecule has 0 saturated heterocycles. The number of hydrogen-bond donors (Lipinski definition) is 1. The number of benzene rings is 3. The molecule has 7 heteroatoms. The minimum Gasteiger partial charge on any atom is -0.325 e. The van der Waals surface area contributed by atoms with Crippen molar-refractivity contribution in [3.05, 3.63) is 90.0 Å². The number of nitrogens with one attached hydrogen (secondary N) is 1. The standard InChI is InChI=1S/C28H25N5OS/c1-18-13-14-23(19(2)15-18)30-26(34)17-35-28-32-31-27(33(28)3)22-16-25(20-9-5-4-6-10-20)29-24-12-8-7-11-21(22)24/h4-16H,17H2,1-3H3,(H,30,34). The first kappa shape index (κ1) is 22.8.